The van der Waals surface area contributed by atoms with Gasteiger partial charge in [0.1, 0.15) is 5.82 Å². The average Bonchev–Trinajstić information content (AvgIpc) is 2.58. The molecule has 1 fully saturated rings. The van der Waals surface area contributed by atoms with E-state index < -0.39 is 6.10 Å². The Hall–Kier alpha value is -2.54. The maximum Gasteiger partial charge on any atom is 0.255 e. The van der Waals surface area contributed by atoms with Crippen molar-refractivity contribution in [3.63, 3.8) is 0 Å². The first-order valence-electron chi connectivity index (χ1n) is 6.92. The Morgan fingerprint density at radius 1 is 1.27 bits per heavy atom. The quantitative estimate of drug-likeness (QED) is 0.929. The molecule has 1 aliphatic heterocycles. The maximum absolute atomic E-state index is 12.9. The molecule has 0 bridgehead atoms. The second-order valence-corrected chi connectivity index (χ2v) is 4.85. The Morgan fingerprint density at radius 3 is 2.73 bits per heavy atom. The van der Waals surface area contributed by atoms with Gasteiger partial charge in [-0.2, -0.15) is 0 Å². The fourth-order valence-corrected chi connectivity index (χ4v) is 2.20. The van der Waals surface area contributed by atoms with E-state index in [0.29, 0.717) is 31.3 Å². The third-order valence-electron chi connectivity index (χ3n) is 3.31. The highest BCUT2D eigenvalue weighted by atomic mass is 19.1. The lowest BCUT2D eigenvalue weighted by molar-refractivity contribution is -0.128. The molecule has 0 aliphatic carbocycles. The van der Waals surface area contributed by atoms with Crippen LogP contribution in [0.4, 0.5) is 16.0 Å². The molecule has 2 aromatic rings. The van der Waals surface area contributed by atoms with E-state index in [1.807, 2.05) is 4.90 Å². The number of nitrogens with zero attached hydrogens (tertiary/aromatic N) is 3. The van der Waals surface area contributed by atoms with Crippen molar-refractivity contribution in [2.45, 2.75) is 6.10 Å². The van der Waals surface area contributed by atoms with Crippen LogP contribution in [0.1, 0.15) is 0 Å². The van der Waals surface area contributed by atoms with Crippen LogP contribution in [0, 0.1) is 5.82 Å². The van der Waals surface area contributed by atoms with E-state index in [2.05, 4.69) is 15.3 Å². The number of nitrogens with one attached hydrogen (secondary N) is 1. The molecule has 22 heavy (non-hydrogen) atoms. The first kappa shape index (κ1) is 14.4. The van der Waals surface area contributed by atoms with Crippen molar-refractivity contribution in [1.29, 1.82) is 0 Å². The number of anilines is 2. The second kappa shape index (κ2) is 6.48. The van der Waals surface area contributed by atoms with Gasteiger partial charge in [-0.3, -0.25) is 4.79 Å². The van der Waals surface area contributed by atoms with Crippen molar-refractivity contribution < 1.29 is 13.9 Å². The number of carbonyl (C=O) groups excluding carboxylic acids is 1. The highest BCUT2D eigenvalue weighted by molar-refractivity contribution is 5.94. The SMILES string of the molecule is O=C(Nc1ccc(F)cc1)C1CN(c2ncccn2)CCO1. The zero-order valence-corrected chi connectivity index (χ0v) is 11.8. The first-order valence-corrected chi connectivity index (χ1v) is 6.92. The Labute approximate surface area is 126 Å². The molecule has 0 saturated carbocycles. The Morgan fingerprint density at radius 2 is 2.00 bits per heavy atom. The Kier molecular flexibility index (Phi) is 4.24. The van der Waals surface area contributed by atoms with E-state index in [9.17, 15) is 9.18 Å². The number of rotatable bonds is 3. The van der Waals surface area contributed by atoms with Gasteiger partial charge in [0.05, 0.1) is 13.2 Å². The number of benzene rings is 1. The van der Waals surface area contributed by atoms with E-state index in [1.165, 1.54) is 24.3 Å². The molecule has 1 amide bonds. The molecule has 1 N–H and O–H groups in total. The summed E-state index contributed by atoms with van der Waals surface area (Å²) >= 11 is 0. The van der Waals surface area contributed by atoms with E-state index >= 15 is 0 Å². The zero-order valence-electron chi connectivity index (χ0n) is 11.8. The van der Waals surface area contributed by atoms with Gasteiger partial charge >= 0.3 is 0 Å². The minimum atomic E-state index is -0.623. The van der Waals surface area contributed by atoms with Gasteiger partial charge in [-0.15, -0.1) is 0 Å². The Bertz CT molecular complexity index is 636. The molecule has 3 rings (SSSR count). The molecule has 114 valence electrons. The predicted octanol–water partition coefficient (Wildman–Crippen LogP) is 1.46. The van der Waals surface area contributed by atoms with Crippen LogP contribution < -0.4 is 10.2 Å². The van der Waals surface area contributed by atoms with Crippen LogP contribution in [0.3, 0.4) is 0 Å². The summed E-state index contributed by atoms with van der Waals surface area (Å²) in [4.78, 5) is 22.5. The molecule has 7 heteroatoms. The summed E-state index contributed by atoms with van der Waals surface area (Å²) < 4.78 is 18.4. The lowest BCUT2D eigenvalue weighted by Crippen LogP contribution is -2.48. The third kappa shape index (κ3) is 3.37. The summed E-state index contributed by atoms with van der Waals surface area (Å²) in [6.07, 6.45) is 2.69. The molecule has 1 atom stereocenters. The van der Waals surface area contributed by atoms with Gasteiger partial charge in [0.15, 0.2) is 6.10 Å². The van der Waals surface area contributed by atoms with Crippen LogP contribution in [0.5, 0.6) is 0 Å². The maximum atomic E-state index is 12.9. The minimum absolute atomic E-state index is 0.271. The molecule has 1 saturated heterocycles. The summed E-state index contributed by atoms with van der Waals surface area (Å²) in [5, 5.41) is 2.71. The van der Waals surface area contributed by atoms with Crippen molar-refractivity contribution in [3.8, 4) is 0 Å². The minimum Gasteiger partial charge on any atom is -0.365 e. The fraction of sp³-hybridized carbons (Fsp3) is 0.267. The molecule has 0 spiro atoms. The lowest BCUT2D eigenvalue weighted by atomic mass is 10.2. The molecule has 1 aromatic heterocycles. The molecule has 1 aromatic carbocycles. The lowest BCUT2D eigenvalue weighted by Gasteiger charge is -2.32. The topological polar surface area (TPSA) is 67.4 Å². The molecule has 0 radical (unpaired) electrons. The van der Waals surface area contributed by atoms with Crippen molar-refractivity contribution >= 4 is 17.5 Å². The monoisotopic (exact) mass is 302 g/mol. The smallest absolute Gasteiger partial charge is 0.255 e. The number of hydrogen-bond donors (Lipinski definition) is 1. The summed E-state index contributed by atoms with van der Waals surface area (Å²) in [5.41, 5.74) is 0.531. The van der Waals surface area contributed by atoms with Crippen LogP contribution in [-0.4, -0.2) is 41.7 Å². The largest absolute Gasteiger partial charge is 0.365 e. The van der Waals surface area contributed by atoms with Gasteiger partial charge in [0, 0.05) is 24.6 Å². The van der Waals surface area contributed by atoms with E-state index in [-0.39, 0.29) is 11.7 Å². The van der Waals surface area contributed by atoms with Gasteiger partial charge in [-0.1, -0.05) is 0 Å². The van der Waals surface area contributed by atoms with Crippen LogP contribution in [-0.2, 0) is 9.53 Å². The average molecular weight is 302 g/mol. The third-order valence-corrected chi connectivity index (χ3v) is 3.31. The number of amides is 1. The number of aromatic nitrogens is 2. The highest BCUT2D eigenvalue weighted by Crippen LogP contribution is 2.14. The number of ether oxygens (including phenoxy) is 1. The van der Waals surface area contributed by atoms with Crippen molar-refractivity contribution in [1.82, 2.24) is 9.97 Å². The van der Waals surface area contributed by atoms with Crippen LogP contribution in [0.25, 0.3) is 0 Å². The molecule has 2 heterocycles. The molecule has 6 nitrogen and oxygen atoms in total. The van der Waals surface area contributed by atoms with E-state index in [0.717, 1.165) is 0 Å². The van der Waals surface area contributed by atoms with Crippen LogP contribution >= 0.6 is 0 Å². The van der Waals surface area contributed by atoms with Crippen molar-refractivity contribution in [2.75, 3.05) is 29.9 Å². The molecule has 1 unspecified atom stereocenters. The number of halogens is 1. The van der Waals surface area contributed by atoms with Gasteiger partial charge in [0.2, 0.25) is 5.95 Å². The van der Waals surface area contributed by atoms with Gasteiger partial charge in [0.25, 0.3) is 5.91 Å². The van der Waals surface area contributed by atoms with Crippen LogP contribution in [0.2, 0.25) is 0 Å². The van der Waals surface area contributed by atoms with Gasteiger partial charge in [-0.25, -0.2) is 14.4 Å². The van der Waals surface area contributed by atoms with Gasteiger partial charge < -0.3 is 15.0 Å². The normalized spacial score (nSPS) is 18.0. The Balaban J connectivity index is 1.64. The van der Waals surface area contributed by atoms with Crippen molar-refractivity contribution in [3.05, 3.63) is 48.5 Å². The van der Waals surface area contributed by atoms with Crippen LogP contribution in [0.15, 0.2) is 42.7 Å². The van der Waals surface area contributed by atoms with Crippen molar-refractivity contribution in [2.24, 2.45) is 0 Å². The van der Waals surface area contributed by atoms with E-state index in [4.69, 9.17) is 4.74 Å². The van der Waals surface area contributed by atoms with E-state index in [1.54, 1.807) is 18.5 Å². The highest BCUT2D eigenvalue weighted by Gasteiger charge is 2.27. The number of morpholine rings is 1. The number of hydrogen-bond acceptors (Lipinski definition) is 5. The standard InChI is InChI=1S/C15H15FN4O2/c16-11-2-4-12(5-3-11)19-14(21)13-10-20(8-9-22-13)15-17-6-1-7-18-15/h1-7,13H,8-10H2,(H,19,21). The predicted molar refractivity (Wildman–Crippen MR) is 79.0 cm³/mol. The fourth-order valence-electron chi connectivity index (χ4n) is 2.20. The summed E-state index contributed by atoms with van der Waals surface area (Å²) in [7, 11) is 0. The summed E-state index contributed by atoms with van der Waals surface area (Å²) in [5.74, 6) is -0.0445. The molecule has 1 aliphatic rings. The molecular weight excluding hydrogens is 287 g/mol. The van der Waals surface area contributed by atoms with Gasteiger partial charge in [-0.05, 0) is 30.3 Å². The number of carbonyl (C=O) groups is 1. The first-order chi connectivity index (χ1) is 10.7. The summed E-state index contributed by atoms with van der Waals surface area (Å²) in [6.45, 7) is 1.42. The zero-order chi connectivity index (χ0) is 15.4. The second-order valence-electron chi connectivity index (χ2n) is 4.85. The molecular formula is C15H15FN4O2. The summed E-state index contributed by atoms with van der Waals surface area (Å²) in [6, 6.07) is 7.34.